The average Bonchev–Trinajstić information content (AvgIpc) is 2.52. The lowest BCUT2D eigenvalue weighted by molar-refractivity contribution is 0.157. The SMILES string of the molecule is Cc1cccc(CN2CCOC2=O)c1. The van der Waals surface area contributed by atoms with Gasteiger partial charge in [0.25, 0.3) is 0 Å². The van der Waals surface area contributed by atoms with E-state index < -0.39 is 0 Å². The van der Waals surface area contributed by atoms with Gasteiger partial charge in [-0.3, -0.25) is 0 Å². The number of rotatable bonds is 2. The Hall–Kier alpha value is -1.51. The van der Waals surface area contributed by atoms with Gasteiger partial charge in [0, 0.05) is 6.54 Å². The van der Waals surface area contributed by atoms with Crippen LogP contribution < -0.4 is 0 Å². The number of carbonyl (C=O) groups excluding carboxylic acids is 1. The van der Waals surface area contributed by atoms with Gasteiger partial charge in [0.1, 0.15) is 6.61 Å². The standard InChI is InChI=1S/C11H13NO2/c1-9-3-2-4-10(7-9)8-12-5-6-14-11(12)13/h2-4,7H,5-6,8H2,1H3. The van der Waals surface area contributed by atoms with Crippen molar-refractivity contribution in [1.29, 1.82) is 0 Å². The fourth-order valence-corrected chi connectivity index (χ4v) is 1.60. The molecule has 0 spiro atoms. The van der Waals surface area contributed by atoms with Crippen molar-refractivity contribution in [3.8, 4) is 0 Å². The van der Waals surface area contributed by atoms with Crippen molar-refractivity contribution in [2.24, 2.45) is 0 Å². The monoisotopic (exact) mass is 191 g/mol. The molecule has 3 heteroatoms. The first-order valence-electron chi connectivity index (χ1n) is 4.73. The predicted molar refractivity (Wildman–Crippen MR) is 52.9 cm³/mol. The van der Waals surface area contributed by atoms with Crippen molar-refractivity contribution in [2.75, 3.05) is 13.2 Å². The number of hydrogen-bond donors (Lipinski definition) is 0. The van der Waals surface area contributed by atoms with Crippen LogP contribution in [0, 0.1) is 6.92 Å². The molecule has 0 radical (unpaired) electrons. The quantitative estimate of drug-likeness (QED) is 0.715. The third-order valence-electron chi connectivity index (χ3n) is 2.30. The molecule has 0 aliphatic carbocycles. The summed E-state index contributed by atoms with van der Waals surface area (Å²) in [5.41, 5.74) is 2.37. The zero-order chi connectivity index (χ0) is 9.97. The number of amides is 1. The normalized spacial score (nSPS) is 15.8. The van der Waals surface area contributed by atoms with Gasteiger partial charge in [0.2, 0.25) is 0 Å². The second-order valence-electron chi connectivity index (χ2n) is 3.52. The van der Waals surface area contributed by atoms with E-state index in [1.54, 1.807) is 4.90 Å². The number of benzene rings is 1. The molecule has 1 aliphatic heterocycles. The van der Waals surface area contributed by atoms with Crippen molar-refractivity contribution in [3.63, 3.8) is 0 Å². The van der Waals surface area contributed by atoms with Crippen LogP contribution in [-0.2, 0) is 11.3 Å². The predicted octanol–water partition coefficient (Wildman–Crippen LogP) is 1.95. The van der Waals surface area contributed by atoms with Gasteiger partial charge < -0.3 is 9.64 Å². The average molecular weight is 191 g/mol. The van der Waals surface area contributed by atoms with E-state index in [1.807, 2.05) is 25.1 Å². The van der Waals surface area contributed by atoms with Crippen LogP contribution in [-0.4, -0.2) is 24.1 Å². The molecular formula is C11H13NO2. The highest BCUT2D eigenvalue weighted by atomic mass is 16.6. The Bertz CT molecular complexity index is 349. The summed E-state index contributed by atoms with van der Waals surface area (Å²) in [5, 5.41) is 0. The minimum absolute atomic E-state index is 0.202. The fraction of sp³-hybridized carbons (Fsp3) is 0.364. The van der Waals surface area contributed by atoms with Gasteiger partial charge >= 0.3 is 6.09 Å². The first-order valence-corrected chi connectivity index (χ1v) is 4.73. The van der Waals surface area contributed by atoms with Crippen LogP contribution in [0.5, 0.6) is 0 Å². The second-order valence-corrected chi connectivity index (χ2v) is 3.52. The van der Waals surface area contributed by atoms with Gasteiger partial charge in [-0.25, -0.2) is 4.79 Å². The summed E-state index contributed by atoms with van der Waals surface area (Å²) in [6, 6.07) is 8.17. The van der Waals surface area contributed by atoms with Gasteiger partial charge in [-0.2, -0.15) is 0 Å². The number of cyclic esters (lactones) is 1. The summed E-state index contributed by atoms with van der Waals surface area (Å²) in [7, 11) is 0. The summed E-state index contributed by atoms with van der Waals surface area (Å²) in [5.74, 6) is 0. The highest BCUT2D eigenvalue weighted by molar-refractivity contribution is 5.69. The van der Waals surface area contributed by atoms with Gasteiger partial charge in [-0.05, 0) is 12.5 Å². The Labute approximate surface area is 83.3 Å². The molecule has 3 nitrogen and oxygen atoms in total. The van der Waals surface area contributed by atoms with E-state index in [-0.39, 0.29) is 6.09 Å². The molecule has 0 aromatic heterocycles. The first-order chi connectivity index (χ1) is 6.75. The maximum atomic E-state index is 11.2. The summed E-state index contributed by atoms with van der Waals surface area (Å²) in [6.45, 7) is 3.92. The zero-order valence-electron chi connectivity index (χ0n) is 8.19. The second kappa shape index (κ2) is 3.70. The molecule has 0 N–H and O–H groups in total. The van der Waals surface area contributed by atoms with E-state index in [2.05, 4.69) is 6.07 Å². The highest BCUT2D eigenvalue weighted by Crippen LogP contribution is 2.11. The van der Waals surface area contributed by atoms with Crippen molar-refractivity contribution in [3.05, 3.63) is 35.4 Å². The largest absolute Gasteiger partial charge is 0.448 e. The number of aryl methyl sites for hydroxylation is 1. The molecule has 1 aromatic rings. The Morgan fingerprint density at radius 1 is 1.50 bits per heavy atom. The van der Waals surface area contributed by atoms with Crippen molar-refractivity contribution >= 4 is 6.09 Å². The van der Waals surface area contributed by atoms with E-state index in [9.17, 15) is 4.79 Å². The third kappa shape index (κ3) is 1.87. The van der Waals surface area contributed by atoms with Crippen molar-refractivity contribution in [1.82, 2.24) is 4.90 Å². The van der Waals surface area contributed by atoms with Crippen molar-refractivity contribution < 1.29 is 9.53 Å². The van der Waals surface area contributed by atoms with E-state index >= 15 is 0 Å². The molecule has 74 valence electrons. The molecule has 0 unspecified atom stereocenters. The molecular weight excluding hydrogens is 178 g/mol. The molecule has 0 atom stereocenters. The number of nitrogens with zero attached hydrogens (tertiary/aromatic N) is 1. The maximum Gasteiger partial charge on any atom is 0.410 e. The molecule has 14 heavy (non-hydrogen) atoms. The molecule has 1 aliphatic rings. The van der Waals surface area contributed by atoms with Crippen molar-refractivity contribution in [2.45, 2.75) is 13.5 Å². The van der Waals surface area contributed by atoms with Crippen LogP contribution in [0.2, 0.25) is 0 Å². The van der Waals surface area contributed by atoms with Crippen LogP contribution in [0.3, 0.4) is 0 Å². The van der Waals surface area contributed by atoms with Crippen LogP contribution in [0.15, 0.2) is 24.3 Å². The Morgan fingerprint density at radius 3 is 3.00 bits per heavy atom. The number of ether oxygens (including phenoxy) is 1. The van der Waals surface area contributed by atoms with Crippen LogP contribution in [0.4, 0.5) is 4.79 Å². The van der Waals surface area contributed by atoms with Gasteiger partial charge in [0.15, 0.2) is 0 Å². The summed E-state index contributed by atoms with van der Waals surface area (Å²) in [6.07, 6.45) is -0.202. The lowest BCUT2D eigenvalue weighted by Gasteiger charge is -2.12. The topological polar surface area (TPSA) is 29.5 Å². The maximum absolute atomic E-state index is 11.2. The lowest BCUT2D eigenvalue weighted by Crippen LogP contribution is -2.23. The van der Waals surface area contributed by atoms with Gasteiger partial charge in [0.05, 0.1) is 6.54 Å². The van der Waals surface area contributed by atoms with Gasteiger partial charge in [-0.1, -0.05) is 29.8 Å². The van der Waals surface area contributed by atoms with E-state index in [1.165, 1.54) is 5.56 Å². The summed E-state index contributed by atoms with van der Waals surface area (Å²) >= 11 is 0. The molecule has 0 bridgehead atoms. The molecule has 1 heterocycles. The number of hydrogen-bond acceptors (Lipinski definition) is 2. The van der Waals surface area contributed by atoms with Crippen LogP contribution >= 0.6 is 0 Å². The first kappa shape index (κ1) is 9.06. The molecule has 1 amide bonds. The summed E-state index contributed by atoms with van der Waals surface area (Å²) in [4.78, 5) is 12.9. The fourth-order valence-electron chi connectivity index (χ4n) is 1.60. The van der Waals surface area contributed by atoms with Crippen LogP contribution in [0.1, 0.15) is 11.1 Å². The van der Waals surface area contributed by atoms with E-state index in [0.717, 1.165) is 5.56 Å². The van der Waals surface area contributed by atoms with Gasteiger partial charge in [-0.15, -0.1) is 0 Å². The molecule has 2 rings (SSSR count). The molecule has 0 saturated carbocycles. The zero-order valence-corrected chi connectivity index (χ0v) is 8.19. The van der Waals surface area contributed by atoms with Crippen LogP contribution in [0.25, 0.3) is 0 Å². The summed E-state index contributed by atoms with van der Waals surface area (Å²) < 4.78 is 4.85. The Kier molecular flexibility index (Phi) is 2.39. The smallest absolute Gasteiger partial charge is 0.410 e. The minimum Gasteiger partial charge on any atom is -0.448 e. The Balaban J connectivity index is 2.07. The molecule has 1 aromatic carbocycles. The van der Waals surface area contributed by atoms with E-state index in [0.29, 0.717) is 19.7 Å². The lowest BCUT2D eigenvalue weighted by atomic mass is 10.1. The molecule has 1 fully saturated rings. The molecule has 1 saturated heterocycles. The minimum atomic E-state index is -0.202. The Morgan fingerprint density at radius 2 is 2.36 bits per heavy atom. The highest BCUT2D eigenvalue weighted by Gasteiger charge is 2.21. The third-order valence-corrected chi connectivity index (χ3v) is 2.30. The van der Waals surface area contributed by atoms with E-state index in [4.69, 9.17) is 4.74 Å². The number of carbonyl (C=O) groups is 1.